The zero-order chi connectivity index (χ0) is 14.7. The van der Waals surface area contributed by atoms with Gasteiger partial charge in [0.05, 0.1) is 11.6 Å². The first-order chi connectivity index (χ1) is 9.54. The van der Waals surface area contributed by atoms with Crippen molar-refractivity contribution in [3.63, 3.8) is 0 Å². The van der Waals surface area contributed by atoms with Crippen molar-refractivity contribution in [3.8, 4) is 5.75 Å². The number of hydrogen-bond acceptors (Lipinski definition) is 4. The summed E-state index contributed by atoms with van der Waals surface area (Å²) in [6.45, 7) is 2.13. The van der Waals surface area contributed by atoms with E-state index in [9.17, 15) is 9.59 Å². The Kier molecular flexibility index (Phi) is 4.39. The molecule has 2 atom stereocenters. The minimum atomic E-state index is -0.605. The quantitative estimate of drug-likeness (QED) is 0.894. The first-order valence-corrected chi connectivity index (χ1v) is 6.77. The molecule has 0 aliphatic carbocycles. The summed E-state index contributed by atoms with van der Waals surface area (Å²) in [5.74, 6) is 0.357. The summed E-state index contributed by atoms with van der Waals surface area (Å²) in [7, 11) is 3.70. The van der Waals surface area contributed by atoms with E-state index in [2.05, 4.69) is 5.32 Å². The smallest absolute Gasteiger partial charge is 0.238 e. The van der Waals surface area contributed by atoms with Gasteiger partial charge in [-0.05, 0) is 32.6 Å². The van der Waals surface area contributed by atoms with E-state index in [1.807, 2.05) is 32.0 Å². The number of hydrogen-bond donors (Lipinski definition) is 1. The molecule has 0 saturated heterocycles. The first kappa shape index (κ1) is 14.5. The molecule has 0 fully saturated rings. The van der Waals surface area contributed by atoms with Gasteiger partial charge in [-0.15, -0.1) is 0 Å². The zero-order valence-electron chi connectivity index (χ0n) is 12.1. The van der Waals surface area contributed by atoms with Gasteiger partial charge in [0.25, 0.3) is 0 Å². The second-order valence-corrected chi connectivity index (χ2v) is 5.12. The molecule has 1 aromatic carbocycles. The largest absolute Gasteiger partial charge is 0.490 e. The highest BCUT2D eigenvalue weighted by atomic mass is 16.5. The van der Waals surface area contributed by atoms with Crippen molar-refractivity contribution >= 4 is 11.7 Å². The van der Waals surface area contributed by atoms with Gasteiger partial charge in [-0.2, -0.15) is 0 Å². The molecule has 0 radical (unpaired) electrons. The van der Waals surface area contributed by atoms with E-state index >= 15 is 0 Å². The lowest BCUT2D eigenvalue weighted by Crippen LogP contribution is -2.52. The molecular weight excluding hydrogens is 256 g/mol. The first-order valence-electron chi connectivity index (χ1n) is 6.77. The van der Waals surface area contributed by atoms with Crippen molar-refractivity contribution in [1.29, 1.82) is 0 Å². The van der Waals surface area contributed by atoms with Crippen LogP contribution in [0.2, 0.25) is 0 Å². The predicted octanol–water partition coefficient (Wildman–Crippen LogP) is 1.09. The van der Waals surface area contributed by atoms with Crippen molar-refractivity contribution in [3.05, 3.63) is 29.8 Å². The number of nitrogens with one attached hydrogen (secondary N) is 1. The zero-order valence-corrected chi connectivity index (χ0v) is 12.1. The highest BCUT2D eigenvalue weighted by Crippen LogP contribution is 2.24. The summed E-state index contributed by atoms with van der Waals surface area (Å²) in [6, 6.07) is 6.26. The van der Waals surface area contributed by atoms with Crippen LogP contribution in [0.4, 0.5) is 0 Å². The van der Waals surface area contributed by atoms with Gasteiger partial charge in [0.1, 0.15) is 18.4 Å². The number of Topliss-reactive ketones (excluding diaryl/α,β-unsaturated/α-hetero) is 1. The van der Waals surface area contributed by atoms with Crippen LogP contribution >= 0.6 is 0 Å². The molecule has 0 unspecified atom stereocenters. The number of carbonyl (C=O) groups is 2. The number of carbonyl (C=O) groups excluding carboxylic acids is 2. The van der Waals surface area contributed by atoms with Crippen molar-refractivity contribution in [2.45, 2.75) is 25.4 Å². The third-order valence-electron chi connectivity index (χ3n) is 3.50. The van der Waals surface area contributed by atoms with Crippen LogP contribution in [0.15, 0.2) is 24.3 Å². The number of ether oxygens (including phenoxy) is 1. The fraction of sp³-hybridized carbons (Fsp3) is 0.467. The number of fused-ring (bicyclic) bond motifs is 1. The highest BCUT2D eigenvalue weighted by molar-refractivity contribution is 6.05. The minimum absolute atomic E-state index is 0.0891. The highest BCUT2D eigenvalue weighted by Gasteiger charge is 2.31. The molecule has 20 heavy (non-hydrogen) atoms. The summed E-state index contributed by atoms with van der Waals surface area (Å²) in [6.07, 6.45) is 0.692. The number of ketones is 1. The lowest BCUT2D eigenvalue weighted by atomic mass is 10.0. The number of nitrogens with zero attached hydrogens (tertiary/aromatic N) is 1. The van der Waals surface area contributed by atoms with E-state index in [1.54, 1.807) is 18.2 Å². The van der Waals surface area contributed by atoms with Crippen LogP contribution in [0.25, 0.3) is 0 Å². The molecule has 0 bridgehead atoms. The van der Waals surface area contributed by atoms with Gasteiger partial charge < -0.3 is 10.1 Å². The van der Waals surface area contributed by atoms with Gasteiger partial charge in [-0.3, -0.25) is 14.5 Å². The summed E-state index contributed by atoms with van der Waals surface area (Å²) in [4.78, 5) is 26.4. The van der Waals surface area contributed by atoms with Crippen LogP contribution in [-0.4, -0.2) is 49.4 Å². The van der Waals surface area contributed by atoms with E-state index in [4.69, 9.17) is 4.74 Å². The van der Waals surface area contributed by atoms with E-state index in [-0.39, 0.29) is 24.3 Å². The summed E-state index contributed by atoms with van der Waals surface area (Å²) < 4.78 is 5.53. The molecule has 5 heteroatoms. The standard InChI is InChI=1S/C15H20N2O3/c1-4-12(17(2)3)15(19)16-11-9-20-13-8-6-5-7-10(13)14(11)18/h5-8,11-12H,4,9H2,1-3H3,(H,16,19)/t11-,12+/m0/s1. The molecule has 1 heterocycles. The molecule has 108 valence electrons. The maximum absolute atomic E-state index is 12.3. The second kappa shape index (κ2) is 6.05. The van der Waals surface area contributed by atoms with E-state index in [0.717, 1.165) is 0 Å². The van der Waals surface area contributed by atoms with E-state index in [0.29, 0.717) is 17.7 Å². The Bertz CT molecular complexity index is 514. The molecule has 1 aliphatic rings. The van der Waals surface area contributed by atoms with Gasteiger partial charge in [0.2, 0.25) is 5.91 Å². The Morgan fingerprint density at radius 2 is 2.15 bits per heavy atom. The fourth-order valence-corrected chi connectivity index (χ4v) is 2.39. The molecule has 0 spiro atoms. The number of amides is 1. The van der Waals surface area contributed by atoms with Crippen LogP contribution in [0.1, 0.15) is 23.7 Å². The lowest BCUT2D eigenvalue weighted by molar-refractivity contribution is -0.126. The SMILES string of the molecule is CC[C@H](C(=O)N[C@H]1COc2ccccc2C1=O)N(C)C. The van der Waals surface area contributed by atoms with E-state index in [1.165, 1.54) is 0 Å². The van der Waals surface area contributed by atoms with Crippen LogP contribution < -0.4 is 10.1 Å². The third-order valence-corrected chi connectivity index (χ3v) is 3.50. The molecule has 0 saturated carbocycles. The van der Waals surface area contributed by atoms with Gasteiger partial charge in [0, 0.05) is 0 Å². The Hall–Kier alpha value is -1.88. The van der Waals surface area contributed by atoms with Crippen molar-refractivity contribution in [1.82, 2.24) is 10.2 Å². The summed E-state index contributed by atoms with van der Waals surface area (Å²) in [5.41, 5.74) is 0.530. The minimum Gasteiger partial charge on any atom is -0.490 e. The molecule has 1 N–H and O–H groups in total. The van der Waals surface area contributed by atoms with Crippen LogP contribution in [-0.2, 0) is 4.79 Å². The predicted molar refractivity (Wildman–Crippen MR) is 76.0 cm³/mol. The molecular formula is C15H20N2O3. The topological polar surface area (TPSA) is 58.6 Å². The number of likely N-dealkylation sites (N-methyl/N-ethyl adjacent to an activating group) is 1. The van der Waals surface area contributed by atoms with Crippen molar-refractivity contribution in [2.75, 3.05) is 20.7 Å². The summed E-state index contributed by atoms with van der Waals surface area (Å²) >= 11 is 0. The summed E-state index contributed by atoms with van der Waals surface area (Å²) in [5, 5.41) is 2.79. The normalized spacial score (nSPS) is 19.2. The second-order valence-electron chi connectivity index (χ2n) is 5.12. The maximum Gasteiger partial charge on any atom is 0.238 e. The Morgan fingerprint density at radius 3 is 2.80 bits per heavy atom. The Labute approximate surface area is 118 Å². The number of rotatable bonds is 4. The van der Waals surface area contributed by atoms with Crippen LogP contribution in [0.3, 0.4) is 0 Å². The maximum atomic E-state index is 12.3. The molecule has 0 aromatic heterocycles. The monoisotopic (exact) mass is 276 g/mol. The van der Waals surface area contributed by atoms with Crippen molar-refractivity contribution in [2.24, 2.45) is 0 Å². The molecule has 1 aromatic rings. The molecule has 1 aliphatic heterocycles. The van der Waals surface area contributed by atoms with Gasteiger partial charge in [-0.25, -0.2) is 0 Å². The van der Waals surface area contributed by atoms with Gasteiger partial charge >= 0.3 is 0 Å². The Balaban J connectivity index is 2.09. The number of para-hydroxylation sites is 1. The van der Waals surface area contributed by atoms with Gasteiger partial charge in [0.15, 0.2) is 5.78 Å². The molecule has 2 rings (SSSR count). The van der Waals surface area contributed by atoms with Gasteiger partial charge in [-0.1, -0.05) is 19.1 Å². The third kappa shape index (κ3) is 2.82. The fourth-order valence-electron chi connectivity index (χ4n) is 2.39. The molecule has 5 nitrogen and oxygen atoms in total. The van der Waals surface area contributed by atoms with Crippen LogP contribution in [0, 0.1) is 0 Å². The lowest BCUT2D eigenvalue weighted by Gasteiger charge is -2.28. The Morgan fingerprint density at radius 1 is 1.45 bits per heavy atom. The van der Waals surface area contributed by atoms with Crippen LogP contribution in [0.5, 0.6) is 5.75 Å². The average molecular weight is 276 g/mol. The molecule has 1 amide bonds. The number of benzene rings is 1. The van der Waals surface area contributed by atoms with E-state index < -0.39 is 6.04 Å². The van der Waals surface area contributed by atoms with Crippen molar-refractivity contribution < 1.29 is 14.3 Å². The average Bonchev–Trinajstić information content (AvgIpc) is 2.42.